The van der Waals surface area contributed by atoms with Gasteiger partial charge in [-0.2, -0.15) is 0 Å². The number of pyridine rings is 1. The van der Waals surface area contributed by atoms with Gasteiger partial charge in [0.05, 0.1) is 16.6 Å². The summed E-state index contributed by atoms with van der Waals surface area (Å²) in [5.74, 6) is -0.119. The molecule has 0 saturated heterocycles. The number of carbonyl (C=O) groups excluding carboxylic acids is 1. The van der Waals surface area contributed by atoms with Crippen LogP contribution in [0.2, 0.25) is 0 Å². The molecular formula is C20H14N2O. The molecule has 0 unspecified atom stereocenters. The molecule has 0 bridgehead atoms. The van der Waals surface area contributed by atoms with Gasteiger partial charge in [0.25, 0.3) is 5.91 Å². The number of carbonyl (C=O) groups is 1. The van der Waals surface area contributed by atoms with Crippen LogP contribution in [-0.4, -0.2) is 10.9 Å². The van der Waals surface area contributed by atoms with E-state index in [1.807, 2.05) is 78.9 Å². The summed E-state index contributed by atoms with van der Waals surface area (Å²) in [5, 5.41) is 4.70. The Hall–Kier alpha value is -3.20. The Labute approximate surface area is 133 Å². The van der Waals surface area contributed by atoms with Crippen LogP contribution in [0.3, 0.4) is 0 Å². The van der Waals surface area contributed by atoms with Gasteiger partial charge in [-0.05, 0) is 24.3 Å². The molecule has 1 aromatic heterocycles. The summed E-state index contributed by atoms with van der Waals surface area (Å²) in [5.41, 5.74) is 3.09. The molecule has 1 N–H and O–H groups in total. The smallest absolute Gasteiger partial charge is 0.257 e. The van der Waals surface area contributed by atoms with Gasteiger partial charge in [-0.3, -0.25) is 4.79 Å². The van der Waals surface area contributed by atoms with E-state index >= 15 is 0 Å². The van der Waals surface area contributed by atoms with Crippen LogP contribution in [0, 0.1) is 0 Å². The Balaban J connectivity index is 1.94. The molecule has 3 nitrogen and oxygen atoms in total. The van der Waals surface area contributed by atoms with Gasteiger partial charge in [-0.1, -0.05) is 54.6 Å². The van der Waals surface area contributed by atoms with Crippen LogP contribution in [0.1, 0.15) is 10.4 Å². The third-order valence-electron chi connectivity index (χ3n) is 3.85. The molecule has 0 aliphatic heterocycles. The first kappa shape index (κ1) is 13.5. The van der Waals surface area contributed by atoms with Gasteiger partial charge in [0.2, 0.25) is 0 Å². The lowest BCUT2D eigenvalue weighted by molar-refractivity contribution is 0.103. The standard InChI is InChI=1S/C20H14N2O/c23-20(21-14-8-2-1-3-9-14)19-15-10-4-6-12-17(15)22-18-13-7-5-11-16(18)19/h1-13H,(H,21,23). The largest absolute Gasteiger partial charge is 0.322 e. The Morgan fingerprint density at radius 2 is 1.22 bits per heavy atom. The number of nitrogens with zero attached hydrogens (tertiary/aromatic N) is 1. The first-order chi connectivity index (χ1) is 11.3. The third-order valence-corrected chi connectivity index (χ3v) is 3.85. The summed E-state index contributed by atoms with van der Waals surface area (Å²) in [6.07, 6.45) is 0. The van der Waals surface area contributed by atoms with Crippen molar-refractivity contribution in [3.05, 3.63) is 84.4 Å². The lowest BCUT2D eigenvalue weighted by Crippen LogP contribution is -2.13. The molecule has 3 heteroatoms. The molecule has 1 heterocycles. The number of para-hydroxylation sites is 3. The van der Waals surface area contributed by atoms with Crippen LogP contribution >= 0.6 is 0 Å². The molecule has 0 aliphatic rings. The highest BCUT2D eigenvalue weighted by Gasteiger charge is 2.15. The minimum Gasteiger partial charge on any atom is -0.322 e. The van der Waals surface area contributed by atoms with E-state index in [-0.39, 0.29) is 5.91 Å². The van der Waals surface area contributed by atoms with Crippen molar-refractivity contribution in [2.24, 2.45) is 0 Å². The van der Waals surface area contributed by atoms with Crippen LogP contribution in [0.4, 0.5) is 5.69 Å². The molecule has 1 amide bonds. The minimum absolute atomic E-state index is 0.119. The second kappa shape index (κ2) is 5.54. The zero-order chi connectivity index (χ0) is 15.6. The van der Waals surface area contributed by atoms with E-state index in [9.17, 15) is 4.79 Å². The van der Waals surface area contributed by atoms with Crippen LogP contribution in [-0.2, 0) is 0 Å². The maximum atomic E-state index is 12.9. The van der Waals surface area contributed by atoms with Crippen molar-refractivity contribution >= 4 is 33.4 Å². The molecule has 0 atom stereocenters. The monoisotopic (exact) mass is 298 g/mol. The summed E-state index contributed by atoms with van der Waals surface area (Å²) in [7, 11) is 0. The van der Waals surface area contributed by atoms with Crippen molar-refractivity contribution in [1.29, 1.82) is 0 Å². The van der Waals surface area contributed by atoms with Crippen LogP contribution in [0.25, 0.3) is 21.8 Å². The number of hydrogen-bond donors (Lipinski definition) is 1. The van der Waals surface area contributed by atoms with Gasteiger partial charge >= 0.3 is 0 Å². The first-order valence-corrected chi connectivity index (χ1v) is 7.47. The molecule has 23 heavy (non-hydrogen) atoms. The van der Waals surface area contributed by atoms with Crippen LogP contribution in [0.15, 0.2) is 78.9 Å². The average Bonchev–Trinajstić information content (AvgIpc) is 2.60. The predicted octanol–water partition coefficient (Wildman–Crippen LogP) is 4.64. The van der Waals surface area contributed by atoms with Gasteiger partial charge in [0.1, 0.15) is 0 Å². The fraction of sp³-hybridized carbons (Fsp3) is 0. The number of aromatic nitrogens is 1. The summed E-state index contributed by atoms with van der Waals surface area (Å²) < 4.78 is 0. The van der Waals surface area contributed by atoms with E-state index in [4.69, 9.17) is 0 Å². The fourth-order valence-electron chi connectivity index (χ4n) is 2.80. The number of amides is 1. The molecule has 0 radical (unpaired) electrons. The van der Waals surface area contributed by atoms with Gasteiger partial charge in [-0.15, -0.1) is 0 Å². The molecule has 0 aliphatic carbocycles. The summed E-state index contributed by atoms with van der Waals surface area (Å²) in [6, 6.07) is 24.9. The molecule has 4 aromatic rings. The van der Waals surface area contributed by atoms with E-state index in [0.29, 0.717) is 5.56 Å². The summed E-state index contributed by atoms with van der Waals surface area (Å²) in [4.78, 5) is 17.6. The second-order valence-corrected chi connectivity index (χ2v) is 5.34. The SMILES string of the molecule is O=C(Nc1ccccc1)c1c2ccccc2nc2ccccc12. The predicted molar refractivity (Wildman–Crippen MR) is 93.6 cm³/mol. The van der Waals surface area contributed by atoms with Crippen molar-refractivity contribution in [2.75, 3.05) is 5.32 Å². The molecule has 0 spiro atoms. The van der Waals surface area contributed by atoms with Gasteiger partial charge < -0.3 is 5.32 Å². The van der Waals surface area contributed by atoms with Gasteiger partial charge in [0.15, 0.2) is 0 Å². The van der Waals surface area contributed by atoms with E-state index in [0.717, 1.165) is 27.5 Å². The van der Waals surface area contributed by atoms with Crippen molar-refractivity contribution in [2.45, 2.75) is 0 Å². The molecule has 110 valence electrons. The Bertz CT molecular complexity index is 956. The number of anilines is 1. The number of rotatable bonds is 2. The second-order valence-electron chi connectivity index (χ2n) is 5.34. The van der Waals surface area contributed by atoms with Crippen molar-refractivity contribution in [3.8, 4) is 0 Å². The highest BCUT2D eigenvalue weighted by Crippen LogP contribution is 2.26. The van der Waals surface area contributed by atoms with Crippen molar-refractivity contribution in [1.82, 2.24) is 4.98 Å². The van der Waals surface area contributed by atoms with Crippen LogP contribution < -0.4 is 5.32 Å². The average molecular weight is 298 g/mol. The summed E-state index contributed by atoms with van der Waals surface area (Å²) in [6.45, 7) is 0. The third kappa shape index (κ3) is 2.42. The maximum absolute atomic E-state index is 12.9. The molecule has 3 aromatic carbocycles. The van der Waals surface area contributed by atoms with Crippen molar-refractivity contribution < 1.29 is 4.79 Å². The van der Waals surface area contributed by atoms with E-state index in [2.05, 4.69) is 10.3 Å². The normalized spacial score (nSPS) is 10.8. The quantitative estimate of drug-likeness (QED) is 0.548. The Morgan fingerprint density at radius 3 is 1.83 bits per heavy atom. The van der Waals surface area contributed by atoms with E-state index in [1.54, 1.807) is 0 Å². The molecule has 0 fully saturated rings. The first-order valence-electron chi connectivity index (χ1n) is 7.47. The minimum atomic E-state index is -0.119. The van der Waals surface area contributed by atoms with Gasteiger partial charge in [-0.25, -0.2) is 4.98 Å². The van der Waals surface area contributed by atoms with Crippen LogP contribution in [0.5, 0.6) is 0 Å². The lowest BCUT2D eigenvalue weighted by Gasteiger charge is -2.11. The number of hydrogen-bond acceptors (Lipinski definition) is 2. The lowest BCUT2D eigenvalue weighted by atomic mass is 10.0. The fourth-order valence-corrected chi connectivity index (χ4v) is 2.80. The Kier molecular flexibility index (Phi) is 3.24. The zero-order valence-electron chi connectivity index (χ0n) is 12.4. The topological polar surface area (TPSA) is 42.0 Å². The van der Waals surface area contributed by atoms with Crippen molar-refractivity contribution in [3.63, 3.8) is 0 Å². The zero-order valence-corrected chi connectivity index (χ0v) is 12.4. The number of benzene rings is 3. The molecular weight excluding hydrogens is 284 g/mol. The Morgan fingerprint density at radius 1 is 0.696 bits per heavy atom. The highest BCUT2D eigenvalue weighted by atomic mass is 16.1. The van der Waals surface area contributed by atoms with E-state index < -0.39 is 0 Å². The summed E-state index contributed by atoms with van der Waals surface area (Å²) >= 11 is 0. The number of nitrogens with one attached hydrogen (secondary N) is 1. The maximum Gasteiger partial charge on any atom is 0.257 e. The molecule has 0 saturated carbocycles. The van der Waals surface area contributed by atoms with Gasteiger partial charge in [0, 0.05) is 16.5 Å². The van der Waals surface area contributed by atoms with E-state index in [1.165, 1.54) is 0 Å². The number of fused-ring (bicyclic) bond motifs is 2. The highest BCUT2D eigenvalue weighted by molar-refractivity contribution is 6.20. The molecule has 4 rings (SSSR count).